The zero-order valence-electron chi connectivity index (χ0n) is 10.9. The molecule has 5 nitrogen and oxygen atoms in total. The van der Waals surface area contributed by atoms with Gasteiger partial charge in [-0.3, -0.25) is 0 Å². The third-order valence-corrected chi connectivity index (χ3v) is 2.31. The van der Waals surface area contributed by atoms with Gasteiger partial charge in [-0.2, -0.15) is 0 Å². The molecule has 0 aliphatic carbocycles. The van der Waals surface area contributed by atoms with E-state index < -0.39 is 0 Å². The summed E-state index contributed by atoms with van der Waals surface area (Å²) in [5.74, 6) is 0.234. The lowest BCUT2D eigenvalue weighted by Crippen LogP contribution is -2.43. The Morgan fingerprint density at radius 3 is 2.74 bits per heavy atom. The van der Waals surface area contributed by atoms with Gasteiger partial charge < -0.3 is 20.5 Å². The normalized spacial score (nSPS) is 11.7. The lowest BCUT2D eigenvalue weighted by Gasteiger charge is -2.15. The molecule has 0 heterocycles. The molecule has 0 aliphatic heterocycles. The molecule has 0 aliphatic rings. The SMILES string of the molecule is CC(COc1ccc(F)cc1)NC(=O)NCCCO. The van der Waals surface area contributed by atoms with Gasteiger partial charge in [-0.15, -0.1) is 0 Å². The predicted octanol–water partition coefficient (Wildman–Crippen LogP) is 1.27. The maximum atomic E-state index is 12.7. The van der Waals surface area contributed by atoms with E-state index in [0.29, 0.717) is 25.3 Å². The molecule has 1 unspecified atom stereocenters. The van der Waals surface area contributed by atoms with Crippen LogP contribution in [-0.2, 0) is 0 Å². The molecule has 0 bridgehead atoms. The highest BCUT2D eigenvalue weighted by Crippen LogP contribution is 2.11. The summed E-state index contributed by atoms with van der Waals surface area (Å²) in [7, 11) is 0. The van der Waals surface area contributed by atoms with E-state index in [-0.39, 0.29) is 24.5 Å². The first kappa shape index (κ1) is 15.2. The molecule has 0 spiro atoms. The Bertz CT molecular complexity index is 384. The summed E-state index contributed by atoms with van der Waals surface area (Å²) >= 11 is 0. The number of hydrogen-bond donors (Lipinski definition) is 3. The molecule has 1 atom stereocenters. The van der Waals surface area contributed by atoms with Crippen LogP contribution >= 0.6 is 0 Å². The maximum absolute atomic E-state index is 12.7. The van der Waals surface area contributed by atoms with E-state index in [9.17, 15) is 9.18 Å². The molecule has 6 heteroatoms. The highest BCUT2D eigenvalue weighted by Gasteiger charge is 2.07. The Morgan fingerprint density at radius 2 is 2.11 bits per heavy atom. The second-order valence-corrected chi connectivity index (χ2v) is 4.14. The fourth-order valence-corrected chi connectivity index (χ4v) is 1.35. The van der Waals surface area contributed by atoms with Crippen LogP contribution in [0.25, 0.3) is 0 Å². The van der Waals surface area contributed by atoms with Crippen LogP contribution in [0.15, 0.2) is 24.3 Å². The van der Waals surface area contributed by atoms with E-state index in [1.54, 1.807) is 6.92 Å². The van der Waals surface area contributed by atoms with Gasteiger partial charge >= 0.3 is 6.03 Å². The van der Waals surface area contributed by atoms with Crippen molar-refractivity contribution in [2.45, 2.75) is 19.4 Å². The van der Waals surface area contributed by atoms with Crippen LogP contribution in [0.5, 0.6) is 5.75 Å². The van der Waals surface area contributed by atoms with Crippen molar-refractivity contribution in [3.63, 3.8) is 0 Å². The Labute approximate surface area is 111 Å². The number of amides is 2. The van der Waals surface area contributed by atoms with Gasteiger partial charge in [0.1, 0.15) is 18.2 Å². The van der Waals surface area contributed by atoms with E-state index in [4.69, 9.17) is 9.84 Å². The molecule has 2 amide bonds. The molecule has 1 rings (SSSR count). The monoisotopic (exact) mass is 270 g/mol. The third-order valence-electron chi connectivity index (χ3n) is 2.31. The number of aliphatic hydroxyl groups excluding tert-OH is 1. The first-order valence-electron chi connectivity index (χ1n) is 6.15. The van der Waals surface area contributed by atoms with Gasteiger partial charge in [0.15, 0.2) is 0 Å². The summed E-state index contributed by atoms with van der Waals surface area (Å²) in [5, 5.41) is 13.9. The van der Waals surface area contributed by atoms with Crippen LogP contribution in [0.3, 0.4) is 0 Å². The number of rotatable bonds is 7. The summed E-state index contributed by atoms with van der Waals surface area (Å²) < 4.78 is 18.1. The molecular weight excluding hydrogens is 251 g/mol. The molecule has 0 saturated heterocycles. The quantitative estimate of drug-likeness (QED) is 0.654. The number of hydrogen-bond acceptors (Lipinski definition) is 3. The van der Waals surface area contributed by atoms with Gasteiger partial charge in [0, 0.05) is 13.2 Å². The van der Waals surface area contributed by atoms with Crippen LogP contribution in [0.1, 0.15) is 13.3 Å². The molecular formula is C13H19FN2O3. The van der Waals surface area contributed by atoms with Crippen molar-refractivity contribution in [2.75, 3.05) is 19.8 Å². The van der Waals surface area contributed by atoms with Gasteiger partial charge in [-0.05, 0) is 37.6 Å². The minimum Gasteiger partial charge on any atom is -0.491 e. The summed E-state index contributed by atoms with van der Waals surface area (Å²) in [6, 6.07) is 5.21. The van der Waals surface area contributed by atoms with Crippen LogP contribution in [-0.4, -0.2) is 36.9 Å². The molecule has 3 N–H and O–H groups in total. The van der Waals surface area contributed by atoms with Crippen LogP contribution in [0.4, 0.5) is 9.18 Å². The van der Waals surface area contributed by atoms with Crippen molar-refractivity contribution in [2.24, 2.45) is 0 Å². The Kier molecular flexibility index (Phi) is 6.67. The van der Waals surface area contributed by atoms with Gasteiger partial charge in [0.05, 0.1) is 6.04 Å². The number of carbonyl (C=O) groups is 1. The summed E-state index contributed by atoms with van der Waals surface area (Å²) in [4.78, 5) is 11.4. The van der Waals surface area contributed by atoms with Crippen molar-refractivity contribution >= 4 is 6.03 Å². The highest BCUT2D eigenvalue weighted by molar-refractivity contribution is 5.74. The first-order chi connectivity index (χ1) is 9.11. The van der Waals surface area contributed by atoms with E-state index in [0.717, 1.165) is 0 Å². The van der Waals surface area contributed by atoms with Crippen LogP contribution < -0.4 is 15.4 Å². The number of halogens is 1. The van der Waals surface area contributed by atoms with Crippen LogP contribution in [0.2, 0.25) is 0 Å². The topological polar surface area (TPSA) is 70.6 Å². The summed E-state index contributed by atoms with van der Waals surface area (Å²) in [5.41, 5.74) is 0. The average Bonchev–Trinajstić information content (AvgIpc) is 2.38. The van der Waals surface area contributed by atoms with Crippen molar-refractivity contribution in [3.8, 4) is 5.75 Å². The lowest BCUT2D eigenvalue weighted by molar-refractivity contribution is 0.224. The standard InChI is InChI=1S/C13H19FN2O3/c1-10(16-13(18)15-7-2-8-17)9-19-12-5-3-11(14)4-6-12/h3-6,10,17H,2,7-9H2,1H3,(H2,15,16,18). The smallest absolute Gasteiger partial charge is 0.315 e. The Morgan fingerprint density at radius 1 is 1.42 bits per heavy atom. The maximum Gasteiger partial charge on any atom is 0.315 e. The van der Waals surface area contributed by atoms with Gasteiger partial charge in [-0.25, -0.2) is 9.18 Å². The first-order valence-corrected chi connectivity index (χ1v) is 6.15. The fraction of sp³-hybridized carbons (Fsp3) is 0.462. The predicted molar refractivity (Wildman–Crippen MR) is 69.6 cm³/mol. The molecule has 106 valence electrons. The largest absolute Gasteiger partial charge is 0.491 e. The zero-order chi connectivity index (χ0) is 14.1. The second kappa shape index (κ2) is 8.31. The van der Waals surface area contributed by atoms with Crippen molar-refractivity contribution < 1.29 is 19.0 Å². The number of aliphatic hydroxyl groups is 1. The molecule has 0 saturated carbocycles. The summed E-state index contributed by atoms with van der Waals surface area (Å²) in [6.07, 6.45) is 0.522. The molecule has 0 radical (unpaired) electrons. The highest BCUT2D eigenvalue weighted by atomic mass is 19.1. The van der Waals surface area contributed by atoms with Gasteiger partial charge in [-0.1, -0.05) is 0 Å². The minimum absolute atomic E-state index is 0.0452. The van der Waals surface area contributed by atoms with Gasteiger partial charge in [0.25, 0.3) is 0 Å². The molecule has 0 fully saturated rings. The minimum atomic E-state index is -0.318. The number of ether oxygens (including phenoxy) is 1. The number of carbonyl (C=O) groups excluding carboxylic acids is 1. The molecule has 1 aromatic carbocycles. The van der Waals surface area contributed by atoms with E-state index in [1.165, 1.54) is 24.3 Å². The van der Waals surface area contributed by atoms with E-state index in [2.05, 4.69) is 10.6 Å². The van der Waals surface area contributed by atoms with Crippen molar-refractivity contribution in [3.05, 3.63) is 30.1 Å². The van der Waals surface area contributed by atoms with Crippen LogP contribution in [0, 0.1) is 5.82 Å². The molecule has 0 aromatic heterocycles. The Hall–Kier alpha value is -1.82. The zero-order valence-corrected chi connectivity index (χ0v) is 10.9. The number of urea groups is 1. The number of nitrogens with one attached hydrogen (secondary N) is 2. The Balaban J connectivity index is 2.21. The summed E-state index contributed by atoms with van der Waals surface area (Å²) in [6.45, 7) is 2.56. The van der Waals surface area contributed by atoms with Gasteiger partial charge in [0.2, 0.25) is 0 Å². The van der Waals surface area contributed by atoms with E-state index >= 15 is 0 Å². The molecule has 1 aromatic rings. The van der Waals surface area contributed by atoms with E-state index in [1.807, 2.05) is 0 Å². The lowest BCUT2D eigenvalue weighted by atomic mass is 10.3. The molecule has 19 heavy (non-hydrogen) atoms. The second-order valence-electron chi connectivity index (χ2n) is 4.14. The van der Waals surface area contributed by atoms with Crippen molar-refractivity contribution in [1.82, 2.24) is 10.6 Å². The average molecular weight is 270 g/mol. The fourth-order valence-electron chi connectivity index (χ4n) is 1.35. The number of benzene rings is 1. The third kappa shape index (κ3) is 6.61. The van der Waals surface area contributed by atoms with Crippen molar-refractivity contribution in [1.29, 1.82) is 0 Å².